The van der Waals surface area contributed by atoms with Crippen molar-refractivity contribution in [1.82, 2.24) is 5.32 Å². The summed E-state index contributed by atoms with van der Waals surface area (Å²) >= 11 is 3.46. The van der Waals surface area contributed by atoms with Gasteiger partial charge in [0, 0.05) is 12.5 Å². The van der Waals surface area contributed by atoms with Crippen LogP contribution in [0.25, 0.3) is 0 Å². The van der Waals surface area contributed by atoms with Crippen molar-refractivity contribution in [3.8, 4) is 5.75 Å². The smallest absolute Gasteiger partial charge is 0.253 e. The predicted molar refractivity (Wildman–Crippen MR) is 114 cm³/mol. The lowest BCUT2D eigenvalue weighted by Crippen LogP contribution is -2.33. The van der Waals surface area contributed by atoms with Crippen LogP contribution in [0.15, 0.2) is 46.9 Å². The standard InChI is InChI=1S/C22H25BrN2O3/c1-28-20-12-10-15(14-18(20)23)11-13-21(26)25-19-9-5-4-8-17(19)22(27)24-16-6-2-3-7-16/h4-5,8-10,12,14,16H,2-3,6-7,11,13H2,1H3,(H,24,27)(H,25,26). The molecule has 0 spiro atoms. The van der Waals surface area contributed by atoms with E-state index in [0.29, 0.717) is 24.1 Å². The van der Waals surface area contributed by atoms with Gasteiger partial charge in [-0.1, -0.05) is 31.0 Å². The molecule has 0 radical (unpaired) electrons. The van der Waals surface area contributed by atoms with E-state index < -0.39 is 0 Å². The van der Waals surface area contributed by atoms with Gasteiger partial charge in [-0.3, -0.25) is 9.59 Å². The number of hydrogen-bond acceptors (Lipinski definition) is 3. The maximum atomic E-state index is 12.6. The van der Waals surface area contributed by atoms with Crippen molar-refractivity contribution >= 4 is 33.4 Å². The molecule has 2 aromatic carbocycles. The first-order chi connectivity index (χ1) is 13.6. The molecule has 0 aromatic heterocycles. The molecule has 0 heterocycles. The summed E-state index contributed by atoms with van der Waals surface area (Å²) in [6.45, 7) is 0. The molecule has 0 aliphatic heterocycles. The van der Waals surface area contributed by atoms with Crippen LogP contribution >= 0.6 is 15.9 Å². The fourth-order valence-corrected chi connectivity index (χ4v) is 4.05. The Labute approximate surface area is 174 Å². The SMILES string of the molecule is COc1ccc(CCC(=O)Nc2ccccc2C(=O)NC2CCCC2)cc1Br. The fourth-order valence-electron chi connectivity index (χ4n) is 3.46. The molecule has 1 aliphatic rings. The van der Waals surface area contributed by atoms with E-state index in [9.17, 15) is 9.59 Å². The van der Waals surface area contributed by atoms with Crippen molar-refractivity contribution in [2.75, 3.05) is 12.4 Å². The number of ether oxygens (including phenoxy) is 1. The van der Waals surface area contributed by atoms with Crippen molar-refractivity contribution in [2.24, 2.45) is 0 Å². The molecule has 2 N–H and O–H groups in total. The molecule has 0 bridgehead atoms. The minimum atomic E-state index is -0.123. The molecular formula is C22H25BrN2O3. The molecule has 2 amide bonds. The van der Waals surface area contributed by atoms with Gasteiger partial charge in [0.05, 0.1) is 22.8 Å². The second kappa shape index (κ2) is 9.73. The van der Waals surface area contributed by atoms with Gasteiger partial charge in [0.1, 0.15) is 5.75 Å². The summed E-state index contributed by atoms with van der Waals surface area (Å²) < 4.78 is 6.09. The zero-order valence-electron chi connectivity index (χ0n) is 16.0. The van der Waals surface area contributed by atoms with E-state index in [-0.39, 0.29) is 17.9 Å². The van der Waals surface area contributed by atoms with E-state index >= 15 is 0 Å². The minimum absolute atomic E-state index is 0.118. The number of anilines is 1. The van der Waals surface area contributed by atoms with Gasteiger partial charge in [-0.25, -0.2) is 0 Å². The second-order valence-electron chi connectivity index (χ2n) is 7.02. The number of aryl methyl sites for hydroxylation is 1. The summed E-state index contributed by atoms with van der Waals surface area (Å²) in [5.74, 6) is 0.519. The lowest BCUT2D eigenvalue weighted by molar-refractivity contribution is -0.116. The Morgan fingerprint density at radius 2 is 1.89 bits per heavy atom. The van der Waals surface area contributed by atoms with Gasteiger partial charge in [0.25, 0.3) is 5.91 Å². The Balaban J connectivity index is 1.59. The monoisotopic (exact) mass is 444 g/mol. The molecule has 1 fully saturated rings. The van der Waals surface area contributed by atoms with E-state index in [4.69, 9.17) is 4.74 Å². The number of para-hydroxylation sites is 1. The number of hydrogen-bond donors (Lipinski definition) is 2. The highest BCUT2D eigenvalue weighted by molar-refractivity contribution is 9.10. The lowest BCUT2D eigenvalue weighted by Gasteiger charge is -2.15. The highest BCUT2D eigenvalue weighted by atomic mass is 79.9. The lowest BCUT2D eigenvalue weighted by atomic mass is 10.1. The van der Waals surface area contributed by atoms with Crippen molar-refractivity contribution in [3.05, 3.63) is 58.1 Å². The first-order valence-corrected chi connectivity index (χ1v) is 10.4. The molecule has 0 unspecified atom stereocenters. The zero-order chi connectivity index (χ0) is 19.9. The van der Waals surface area contributed by atoms with Crippen LogP contribution in [0, 0.1) is 0 Å². The molecule has 6 heteroatoms. The number of carbonyl (C=O) groups excluding carboxylic acids is 2. The third kappa shape index (κ3) is 5.35. The van der Waals surface area contributed by atoms with Crippen LogP contribution in [0.2, 0.25) is 0 Å². The fraction of sp³-hybridized carbons (Fsp3) is 0.364. The molecule has 0 atom stereocenters. The topological polar surface area (TPSA) is 67.4 Å². The van der Waals surface area contributed by atoms with Crippen molar-refractivity contribution in [2.45, 2.75) is 44.6 Å². The number of nitrogens with one attached hydrogen (secondary N) is 2. The third-order valence-electron chi connectivity index (χ3n) is 4.99. The molecule has 2 aromatic rings. The van der Waals surface area contributed by atoms with Crippen LogP contribution in [0.5, 0.6) is 5.75 Å². The van der Waals surface area contributed by atoms with Crippen LogP contribution in [0.1, 0.15) is 48.0 Å². The maximum absolute atomic E-state index is 12.6. The Bertz CT molecular complexity index is 847. The highest BCUT2D eigenvalue weighted by Crippen LogP contribution is 2.26. The Morgan fingerprint density at radius 3 is 2.61 bits per heavy atom. The summed E-state index contributed by atoms with van der Waals surface area (Å²) in [6, 6.07) is 13.2. The summed E-state index contributed by atoms with van der Waals surface area (Å²) in [5, 5.41) is 5.96. The van der Waals surface area contributed by atoms with E-state index in [0.717, 1.165) is 41.5 Å². The number of halogens is 1. The van der Waals surface area contributed by atoms with Gasteiger partial charge in [-0.05, 0) is 65.0 Å². The van der Waals surface area contributed by atoms with Gasteiger partial charge in [-0.15, -0.1) is 0 Å². The first kappa shape index (κ1) is 20.4. The average Bonchev–Trinajstić information content (AvgIpc) is 3.20. The Hall–Kier alpha value is -2.34. The van der Waals surface area contributed by atoms with Crippen LogP contribution in [0.3, 0.4) is 0 Å². The molecule has 3 rings (SSSR count). The zero-order valence-corrected chi connectivity index (χ0v) is 17.6. The predicted octanol–water partition coefficient (Wildman–Crippen LogP) is 4.70. The molecule has 28 heavy (non-hydrogen) atoms. The summed E-state index contributed by atoms with van der Waals surface area (Å²) in [6.07, 6.45) is 5.30. The van der Waals surface area contributed by atoms with Crippen LogP contribution < -0.4 is 15.4 Å². The summed E-state index contributed by atoms with van der Waals surface area (Å²) in [7, 11) is 1.62. The number of benzene rings is 2. The number of amides is 2. The normalized spacial score (nSPS) is 13.9. The molecular weight excluding hydrogens is 420 g/mol. The van der Waals surface area contributed by atoms with Crippen LogP contribution in [-0.2, 0) is 11.2 Å². The molecule has 5 nitrogen and oxygen atoms in total. The molecule has 148 valence electrons. The minimum Gasteiger partial charge on any atom is -0.496 e. The largest absolute Gasteiger partial charge is 0.496 e. The number of methoxy groups -OCH3 is 1. The molecule has 1 aliphatic carbocycles. The van der Waals surface area contributed by atoms with Crippen LogP contribution in [0.4, 0.5) is 5.69 Å². The second-order valence-corrected chi connectivity index (χ2v) is 7.87. The van der Waals surface area contributed by atoms with E-state index in [1.807, 2.05) is 30.3 Å². The summed E-state index contributed by atoms with van der Waals surface area (Å²) in [5.41, 5.74) is 2.10. The van der Waals surface area contributed by atoms with Crippen LogP contribution in [-0.4, -0.2) is 25.0 Å². The highest BCUT2D eigenvalue weighted by Gasteiger charge is 2.20. The molecule has 1 saturated carbocycles. The van der Waals surface area contributed by atoms with Crippen molar-refractivity contribution < 1.29 is 14.3 Å². The van der Waals surface area contributed by atoms with Gasteiger partial charge in [-0.2, -0.15) is 0 Å². The van der Waals surface area contributed by atoms with Gasteiger partial charge in [0.15, 0.2) is 0 Å². The Kier molecular flexibility index (Phi) is 7.09. The van der Waals surface area contributed by atoms with Gasteiger partial charge in [0.2, 0.25) is 5.91 Å². The number of rotatable bonds is 7. The van der Waals surface area contributed by atoms with Crippen molar-refractivity contribution in [1.29, 1.82) is 0 Å². The first-order valence-electron chi connectivity index (χ1n) is 9.59. The van der Waals surface area contributed by atoms with E-state index in [1.165, 1.54) is 0 Å². The van der Waals surface area contributed by atoms with E-state index in [1.54, 1.807) is 19.2 Å². The third-order valence-corrected chi connectivity index (χ3v) is 5.61. The maximum Gasteiger partial charge on any atom is 0.253 e. The number of carbonyl (C=O) groups is 2. The van der Waals surface area contributed by atoms with E-state index in [2.05, 4.69) is 26.6 Å². The average molecular weight is 445 g/mol. The molecule has 0 saturated heterocycles. The van der Waals surface area contributed by atoms with Gasteiger partial charge < -0.3 is 15.4 Å². The Morgan fingerprint density at radius 1 is 1.14 bits per heavy atom. The van der Waals surface area contributed by atoms with Gasteiger partial charge >= 0.3 is 0 Å². The van der Waals surface area contributed by atoms with Crippen molar-refractivity contribution in [3.63, 3.8) is 0 Å². The quantitative estimate of drug-likeness (QED) is 0.649. The summed E-state index contributed by atoms with van der Waals surface area (Å²) in [4.78, 5) is 25.0.